The highest BCUT2D eigenvalue weighted by Crippen LogP contribution is 2.36. The number of aldehydes is 1. The summed E-state index contributed by atoms with van der Waals surface area (Å²) in [5, 5.41) is 22.6. The van der Waals surface area contributed by atoms with Crippen molar-refractivity contribution in [1.29, 1.82) is 0 Å². The van der Waals surface area contributed by atoms with Gasteiger partial charge in [0.15, 0.2) is 0 Å². The molecule has 0 radical (unpaired) electrons. The van der Waals surface area contributed by atoms with Crippen LogP contribution in [0.2, 0.25) is 0 Å². The van der Waals surface area contributed by atoms with E-state index in [0.29, 0.717) is 30.1 Å². The van der Waals surface area contributed by atoms with Crippen molar-refractivity contribution in [1.82, 2.24) is 5.32 Å². The molecular formula is C39H73NO3. The van der Waals surface area contributed by atoms with Crippen LogP contribution in [-0.2, 0) is 17.6 Å². The topological polar surface area (TPSA) is 69.6 Å². The van der Waals surface area contributed by atoms with Crippen molar-refractivity contribution in [2.24, 2.45) is 29.6 Å². The minimum Gasteiger partial charge on any atom is -0.397 e. The van der Waals surface area contributed by atoms with Crippen molar-refractivity contribution in [3.05, 3.63) is 47.2 Å². The first-order valence-electron chi connectivity index (χ1n) is 17.7. The Hall–Kier alpha value is -1.65. The summed E-state index contributed by atoms with van der Waals surface area (Å²) >= 11 is 0. The summed E-state index contributed by atoms with van der Waals surface area (Å²) < 4.78 is 0. The summed E-state index contributed by atoms with van der Waals surface area (Å²) in [4.78, 5) is 11.7. The van der Waals surface area contributed by atoms with Crippen LogP contribution in [0.1, 0.15) is 151 Å². The third-order valence-electron chi connectivity index (χ3n) is 8.51. The molecule has 4 heteroatoms. The summed E-state index contributed by atoms with van der Waals surface area (Å²) in [7, 11) is 0. The molecule has 4 nitrogen and oxygen atoms in total. The average molecular weight is 604 g/mol. The lowest BCUT2D eigenvalue weighted by molar-refractivity contribution is -0.113. The molecular weight excluding hydrogens is 530 g/mol. The van der Waals surface area contributed by atoms with Gasteiger partial charge in [0.1, 0.15) is 6.29 Å². The molecule has 0 saturated carbocycles. The van der Waals surface area contributed by atoms with Crippen LogP contribution in [-0.4, -0.2) is 35.3 Å². The van der Waals surface area contributed by atoms with Crippen molar-refractivity contribution in [2.75, 3.05) is 6.61 Å². The van der Waals surface area contributed by atoms with E-state index in [4.69, 9.17) is 5.11 Å². The number of hydrogen-bond donors (Lipinski definition) is 3. The first kappa shape index (κ1) is 43.5. The summed E-state index contributed by atoms with van der Waals surface area (Å²) in [6.45, 7) is 30.2. The minimum absolute atomic E-state index is 0.124. The van der Waals surface area contributed by atoms with E-state index in [-0.39, 0.29) is 24.5 Å². The summed E-state index contributed by atoms with van der Waals surface area (Å²) in [5.41, 5.74) is 5.38. The molecule has 0 bridgehead atoms. The van der Waals surface area contributed by atoms with Crippen LogP contribution in [0.5, 0.6) is 0 Å². The third-order valence-corrected chi connectivity index (χ3v) is 8.51. The highest BCUT2D eigenvalue weighted by Gasteiger charge is 2.31. The molecule has 1 aromatic carbocycles. The van der Waals surface area contributed by atoms with Crippen LogP contribution < -0.4 is 5.32 Å². The number of carbonyl (C=O) groups is 1. The second-order valence-corrected chi connectivity index (χ2v) is 13.2. The number of benzene rings is 1. The van der Waals surface area contributed by atoms with Crippen molar-refractivity contribution < 1.29 is 15.0 Å². The molecule has 5 unspecified atom stereocenters. The summed E-state index contributed by atoms with van der Waals surface area (Å²) in [5.74, 6) is 1.80. The molecule has 1 rings (SSSR count). The number of unbranched alkanes of at least 4 members (excludes halogenated alkanes) is 3. The maximum Gasteiger partial charge on any atom is 0.123 e. The first-order chi connectivity index (χ1) is 20.4. The summed E-state index contributed by atoms with van der Waals surface area (Å²) in [6, 6.07) is 7.04. The fourth-order valence-electron chi connectivity index (χ4n) is 5.90. The van der Waals surface area contributed by atoms with E-state index in [0.717, 1.165) is 37.7 Å². The third kappa shape index (κ3) is 18.0. The average Bonchev–Trinajstić information content (AvgIpc) is 2.96. The molecule has 0 aromatic heterocycles. The Morgan fingerprint density at radius 1 is 0.907 bits per heavy atom. The highest BCUT2D eigenvalue weighted by molar-refractivity contribution is 5.53. The van der Waals surface area contributed by atoms with Crippen LogP contribution in [0.25, 0.3) is 0 Å². The molecule has 0 aliphatic carbocycles. The van der Waals surface area contributed by atoms with Crippen LogP contribution >= 0.6 is 0 Å². The number of aliphatic hydroxyl groups is 2. The SMILES string of the molecule is C=C(CC(C)C)NC(CC(C(C)C)C(C)c1ccc(CC)c(CCCCCC)c1)C(O)CC(C=O)C(C)C.CC.CCO. The van der Waals surface area contributed by atoms with E-state index in [9.17, 15) is 9.90 Å². The predicted molar refractivity (Wildman–Crippen MR) is 190 cm³/mol. The van der Waals surface area contributed by atoms with Gasteiger partial charge < -0.3 is 20.3 Å². The predicted octanol–water partition coefficient (Wildman–Crippen LogP) is 9.90. The van der Waals surface area contributed by atoms with E-state index >= 15 is 0 Å². The van der Waals surface area contributed by atoms with E-state index in [2.05, 4.69) is 92.4 Å². The Morgan fingerprint density at radius 2 is 1.51 bits per heavy atom. The fourth-order valence-corrected chi connectivity index (χ4v) is 5.90. The van der Waals surface area contributed by atoms with Gasteiger partial charge in [-0.2, -0.15) is 0 Å². The molecule has 43 heavy (non-hydrogen) atoms. The Morgan fingerprint density at radius 3 is 1.98 bits per heavy atom. The Kier molecular flexibility index (Phi) is 25.9. The molecule has 1 aromatic rings. The van der Waals surface area contributed by atoms with Gasteiger partial charge in [-0.3, -0.25) is 0 Å². The smallest absolute Gasteiger partial charge is 0.123 e. The van der Waals surface area contributed by atoms with Gasteiger partial charge in [0.25, 0.3) is 0 Å². The number of nitrogens with one attached hydrogen (secondary N) is 1. The van der Waals surface area contributed by atoms with Gasteiger partial charge in [0, 0.05) is 18.2 Å². The van der Waals surface area contributed by atoms with Crippen molar-refractivity contribution in [3.8, 4) is 0 Å². The number of aliphatic hydroxyl groups excluding tert-OH is 2. The normalized spacial score (nSPS) is 14.6. The molecule has 0 amide bonds. The van der Waals surface area contributed by atoms with Crippen LogP contribution in [0, 0.1) is 29.6 Å². The van der Waals surface area contributed by atoms with Gasteiger partial charge in [-0.05, 0) is 91.7 Å². The number of aryl methyl sites for hydroxylation is 2. The number of rotatable bonds is 20. The lowest BCUT2D eigenvalue weighted by atomic mass is 9.74. The Labute approximate surface area is 268 Å². The summed E-state index contributed by atoms with van der Waals surface area (Å²) in [6.07, 6.45) is 10.0. The first-order valence-corrected chi connectivity index (χ1v) is 17.7. The lowest BCUT2D eigenvalue weighted by Crippen LogP contribution is -2.43. The quantitative estimate of drug-likeness (QED) is 0.102. The Balaban J connectivity index is 0. The largest absolute Gasteiger partial charge is 0.397 e. The standard InChI is InChI=1S/C35H61NO2.C2H6O.C2H6/c1-11-13-14-15-16-31-20-30(18-17-29(31)12-2)28(10)33(26(7)8)22-34(36-27(9)19-24(3)4)35(38)21-32(23-37)25(5)6;1-2-3;1-2/h17-18,20,23-26,28,32-36,38H,9,11-16,19,21-22H2,1-8,10H3;3H,2H2,1H3;1-2H3. The van der Waals surface area contributed by atoms with E-state index < -0.39 is 6.10 Å². The molecule has 252 valence electrons. The van der Waals surface area contributed by atoms with Gasteiger partial charge in [-0.1, -0.05) is 120 Å². The molecule has 0 spiro atoms. The zero-order valence-corrected chi connectivity index (χ0v) is 30.5. The number of carbonyl (C=O) groups excluding carboxylic acids is 1. The molecule has 0 aliphatic heterocycles. The molecule has 3 N–H and O–H groups in total. The van der Waals surface area contributed by atoms with Gasteiger partial charge in [0.2, 0.25) is 0 Å². The lowest BCUT2D eigenvalue weighted by Gasteiger charge is -2.36. The molecule has 0 aliphatic rings. The monoisotopic (exact) mass is 604 g/mol. The van der Waals surface area contributed by atoms with Crippen molar-refractivity contribution in [3.63, 3.8) is 0 Å². The van der Waals surface area contributed by atoms with E-state index in [1.54, 1.807) is 6.92 Å². The van der Waals surface area contributed by atoms with Crippen LogP contribution in [0.3, 0.4) is 0 Å². The second kappa shape index (κ2) is 25.7. The van der Waals surface area contributed by atoms with Crippen molar-refractivity contribution >= 4 is 6.29 Å². The van der Waals surface area contributed by atoms with Gasteiger partial charge in [-0.25, -0.2) is 0 Å². The molecule has 5 atom stereocenters. The molecule has 0 saturated heterocycles. The van der Waals surface area contributed by atoms with Crippen molar-refractivity contribution in [2.45, 2.75) is 159 Å². The van der Waals surface area contributed by atoms with Gasteiger partial charge in [0.05, 0.1) is 12.1 Å². The van der Waals surface area contributed by atoms with Crippen LogP contribution in [0.4, 0.5) is 0 Å². The zero-order chi connectivity index (χ0) is 33.5. The number of hydrogen-bond acceptors (Lipinski definition) is 4. The molecule has 0 heterocycles. The molecule has 0 fully saturated rings. The Bertz CT molecular complexity index is 832. The second-order valence-electron chi connectivity index (χ2n) is 13.2. The van der Waals surface area contributed by atoms with E-state index in [1.807, 2.05) is 13.8 Å². The maximum atomic E-state index is 11.7. The fraction of sp³-hybridized carbons (Fsp3) is 0.769. The maximum absolute atomic E-state index is 11.7. The van der Waals surface area contributed by atoms with Gasteiger partial charge >= 0.3 is 0 Å². The zero-order valence-electron chi connectivity index (χ0n) is 30.5. The van der Waals surface area contributed by atoms with E-state index in [1.165, 1.54) is 42.4 Å². The number of allylic oxidation sites excluding steroid dienone is 1. The highest BCUT2D eigenvalue weighted by atomic mass is 16.3. The minimum atomic E-state index is -0.596. The van der Waals surface area contributed by atoms with Gasteiger partial charge in [-0.15, -0.1) is 0 Å². The van der Waals surface area contributed by atoms with Crippen LogP contribution in [0.15, 0.2) is 30.5 Å².